The minimum Gasteiger partial charge on any atom is -0.387 e. The summed E-state index contributed by atoms with van der Waals surface area (Å²) >= 11 is 1.65. The standard InChI is InChI=1S/C18H20N4OS/c23-16(14-4-2-1-3-5-14)12-21-7-9-22(10-8-21)17-15-6-11-24-18(15)20-13-19-17/h1-6,11,13,16,23H,7-10,12H2/t16-/m1/s1. The Balaban J connectivity index is 1.39. The Bertz CT molecular complexity index is 799. The number of nitrogens with zero attached hydrogens (tertiary/aromatic N) is 4. The number of rotatable bonds is 4. The molecule has 4 rings (SSSR count). The molecule has 6 heteroatoms. The van der Waals surface area contributed by atoms with Crippen molar-refractivity contribution in [2.45, 2.75) is 6.10 Å². The fourth-order valence-electron chi connectivity index (χ4n) is 3.20. The summed E-state index contributed by atoms with van der Waals surface area (Å²) in [5.74, 6) is 1.03. The highest BCUT2D eigenvalue weighted by Crippen LogP contribution is 2.27. The van der Waals surface area contributed by atoms with Crippen molar-refractivity contribution in [1.29, 1.82) is 0 Å². The third kappa shape index (κ3) is 3.13. The minimum absolute atomic E-state index is 0.430. The summed E-state index contributed by atoms with van der Waals surface area (Å²) in [6.45, 7) is 4.38. The molecule has 24 heavy (non-hydrogen) atoms. The maximum atomic E-state index is 10.4. The third-order valence-corrected chi connectivity index (χ3v) is 5.35. The number of aromatic nitrogens is 2. The second-order valence-electron chi connectivity index (χ2n) is 6.05. The summed E-state index contributed by atoms with van der Waals surface area (Å²) in [4.78, 5) is 14.5. The van der Waals surface area contributed by atoms with E-state index in [2.05, 4.69) is 31.2 Å². The second kappa shape index (κ2) is 6.84. The van der Waals surface area contributed by atoms with Crippen LogP contribution in [-0.4, -0.2) is 52.7 Å². The van der Waals surface area contributed by atoms with E-state index >= 15 is 0 Å². The second-order valence-corrected chi connectivity index (χ2v) is 6.95. The van der Waals surface area contributed by atoms with Gasteiger partial charge in [0.25, 0.3) is 0 Å². The molecule has 124 valence electrons. The lowest BCUT2D eigenvalue weighted by molar-refractivity contribution is 0.109. The summed E-state index contributed by atoms with van der Waals surface area (Å²) in [7, 11) is 0. The molecule has 0 amide bonds. The normalized spacial score (nSPS) is 17.3. The predicted molar refractivity (Wildman–Crippen MR) is 97.5 cm³/mol. The molecule has 3 aromatic rings. The Hall–Kier alpha value is -2.02. The maximum Gasteiger partial charge on any atom is 0.140 e. The molecule has 0 aliphatic carbocycles. The van der Waals surface area contributed by atoms with Crippen LogP contribution in [-0.2, 0) is 0 Å². The molecule has 0 saturated carbocycles. The van der Waals surface area contributed by atoms with Crippen molar-refractivity contribution in [3.63, 3.8) is 0 Å². The van der Waals surface area contributed by atoms with Crippen molar-refractivity contribution in [2.75, 3.05) is 37.6 Å². The zero-order chi connectivity index (χ0) is 16.4. The van der Waals surface area contributed by atoms with Gasteiger partial charge in [-0.15, -0.1) is 11.3 Å². The summed E-state index contributed by atoms with van der Waals surface area (Å²) in [6, 6.07) is 12.0. The number of hydrogen-bond donors (Lipinski definition) is 1. The van der Waals surface area contributed by atoms with E-state index in [4.69, 9.17) is 0 Å². The summed E-state index contributed by atoms with van der Waals surface area (Å²) in [6.07, 6.45) is 1.22. The Kier molecular flexibility index (Phi) is 4.42. The molecule has 0 unspecified atom stereocenters. The van der Waals surface area contributed by atoms with Gasteiger partial charge in [-0.2, -0.15) is 0 Å². The lowest BCUT2D eigenvalue weighted by Gasteiger charge is -2.36. The molecular weight excluding hydrogens is 320 g/mol. The zero-order valence-corrected chi connectivity index (χ0v) is 14.2. The van der Waals surface area contributed by atoms with E-state index in [0.29, 0.717) is 6.54 Å². The average Bonchev–Trinajstić information content (AvgIpc) is 3.12. The van der Waals surface area contributed by atoms with Gasteiger partial charge in [-0.05, 0) is 17.0 Å². The maximum absolute atomic E-state index is 10.4. The number of β-amino-alcohol motifs (C(OH)–C–C–N with tert-alkyl or cyclic N) is 1. The van der Waals surface area contributed by atoms with Gasteiger partial charge in [0.05, 0.1) is 11.5 Å². The molecule has 1 saturated heterocycles. The molecule has 1 aromatic carbocycles. The Morgan fingerprint density at radius 3 is 2.62 bits per heavy atom. The molecule has 0 radical (unpaired) electrons. The molecule has 2 aromatic heterocycles. The first-order valence-electron chi connectivity index (χ1n) is 8.20. The molecule has 1 atom stereocenters. The van der Waals surface area contributed by atoms with E-state index in [1.165, 1.54) is 0 Å². The van der Waals surface area contributed by atoms with Gasteiger partial charge >= 0.3 is 0 Å². The number of anilines is 1. The fraction of sp³-hybridized carbons (Fsp3) is 0.333. The van der Waals surface area contributed by atoms with Gasteiger partial charge in [-0.1, -0.05) is 30.3 Å². The van der Waals surface area contributed by atoms with Gasteiger partial charge in [0.1, 0.15) is 17.0 Å². The van der Waals surface area contributed by atoms with E-state index < -0.39 is 6.10 Å². The van der Waals surface area contributed by atoms with Gasteiger partial charge in [0.2, 0.25) is 0 Å². The number of fused-ring (bicyclic) bond motifs is 1. The first-order valence-corrected chi connectivity index (χ1v) is 9.08. The molecule has 0 spiro atoms. The number of aliphatic hydroxyl groups excluding tert-OH is 1. The highest BCUT2D eigenvalue weighted by Gasteiger charge is 2.22. The van der Waals surface area contributed by atoms with E-state index in [1.807, 2.05) is 30.3 Å². The first kappa shape index (κ1) is 15.5. The van der Waals surface area contributed by atoms with Gasteiger partial charge in [0, 0.05) is 32.7 Å². The van der Waals surface area contributed by atoms with Gasteiger partial charge < -0.3 is 10.0 Å². The highest BCUT2D eigenvalue weighted by molar-refractivity contribution is 7.16. The number of thiophene rings is 1. The number of hydrogen-bond acceptors (Lipinski definition) is 6. The monoisotopic (exact) mass is 340 g/mol. The average molecular weight is 340 g/mol. The van der Waals surface area contributed by atoms with Crippen LogP contribution in [0.25, 0.3) is 10.2 Å². The molecule has 1 N–H and O–H groups in total. The molecule has 0 bridgehead atoms. The highest BCUT2D eigenvalue weighted by atomic mass is 32.1. The Morgan fingerprint density at radius 1 is 1.04 bits per heavy atom. The van der Waals surface area contributed by atoms with Crippen LogP contribution in [0.15, 0.2) is 48.1 Å². The predicted octanol–water partition coefficient (Wildman–Crippen LogP) is 2.55. The van der Waals surface area contributed by atoms with Crippen LogP contribution in [0.1, 0.15) is 11.7 Å². The summed E-state index contributed by atoms with van der Waals surface area (Å²) in [5.41, 5.74) is 0.982. The van der Waals surface area contributed by atoms with E-state index in [0.717, 1.165) is 47.8 Å². The first-order chi connectivity index (χ1) is 11.8. The third-order valence-electron chi connectivity index (χ3n) is 4.53. The minimum atomic E-state index is -0.430. The van der Waals surface area contributed by atoms with Crippen LogP contribution in [0.3, 0.4) is 0 Å². The van der Waals surface area contributed by atoms with E-state index in [9.17, 15) is 5.11 Å². The number of aliphatic hydroxyl groups is 1. The van der Waals surface area contributed by atoms with Crippen LogP contribution in [0, 0.1) is 0 Å². The number of benzene rings is 1. The van der Waals surface area contributed by atoms with Crippen molar-refractivity contribution in [1.82, 2.24) is 14.9 Å². The number of piperazine rings is 1. The SMILES string of the molecule is O[C@H](CN1CCN(c2ncnc3sccc23)CC1)c1ccccc1. The molecule has 1 fully saturated rings. The van der Waals surface area contributed by atoms with Crippen LogP contribution < -0.4 is 4.90 Å². The Labute approximate surface area is 145 Å². The van der Waals surface area contributed by atoms with Crippen molar-refractivity contribution >= 4 is 27.4 Å². The van der Waals surface area contributed by atoms with Crippen LogP contribution >= 0.6 is 11.3 Å². The molecule has 1 aliphatic heterocycles. The molecular formula is C18H20N4OS. The van der Waals surface area contributed by atoms with Crippen molar-refractivity contribution in [3.05, 3.63) is 53.7 Å². The van der Waals surface area contributed by atoms with Crippen LogP contribution in [0.2, 0.25) is 0 Å². The Morgan fingerprint density at radius 2 is 1.83 bits per heavy atom. The van der Waals surface area contributed by atoms with Crippen LogP contribution in [0.4, 0.5) is 5.82 Å². The summed E-state index contributed by atoms with van der Waals surface area (Å²) < 4.78 is 0. The van der Waals surface area contributed by atoms with Crippen molar-refractivity contribution in [3.8, 4) is 0 Å². The molecule has 5 nitrogen and oxygen atoms in total. The van der Waals surface area contributed by atoms with Crippen molar-refractivity contribution < 1.29 is 5.11 Å². The zero-order valence-electron chi connectivity index (χ0n) is 13.4. The molecule has 1 aliphatic rings. The van der Waals surface area contributed by atoms with Gasteiger partial charge in [-0.25, -0.2) is 9.97 Å². The fourth-order valence-corrected chi connectivity index (χ4v) is 3.92. The van der Waals surface area contributed by atoms with E-state index in [1.54, 1.807) is 17.7 Å². The molecule has 3 heterocycles. The lowest BCUT2D eigenvalue weighted by Crippen LogP contribution is -2.47. The van der Waals surface area contributed by atoms with E-state index in [-0.39, 0.29) is 0 Å². The topological polar surface area (TPSA) is 52.5 Å². The quantitative estimate of drug-likeness (QED) is 0.791. The van der Waals surface area contributed by atoms with Crippen LogP contribution in [0.5, 0.6) is 0 Å². The van der Waals surface area contributed by atoms with Crippen molar-refractivity contribution in [2.24, 2.45) is 0 Å². The van der Waals surface area contributed by atoms with Gasteiger partial charge in [-0.3, -0.25) is 4.90 Å². The van der Waals surface area contributed by atoms with Gasteiger partial charge in [0.15, 0.2) is 0 Å². The lowest BCUT2D eigenvalue weighted by atomic mass is 10.1. The largest absolute Gasteiger partial charge is 0.387 e. The smallest absolute Gasteiger partial charge is 0.140 e. The summed E-state index contributed by atoms with van der Waals surface area (Å²) in [5, 5.41) is 13.6.